The zero-order chi connectivity index (χ0) is 18.5. The van der Waals surface area contributed by atoms with Gasteiger partial charge in [0.05, 0.1) is 0 Å². The van der Waals surface area contributed by atoms with Gasteiger partial charge >= 0.3 is 0 Å². The van der Waals surface area contributed by atoms with E-state index in [2.05, 4.69) is 52.7 Å². The minimum atomic E-state index is 0.127. The van der Waals surface area contributed by atoms with E-state index in [4.69, 9.17) is 0 Å². The maximum absolute atomic E-state index is 12.3. The van der Waals surface area contributed by atoms with Crippen LogP contribution in [0.25, 0.3) is 10.8 Å². The Kier molecular flexibility index (Phi) is 5.50. The number of benzene rings is 3. The van der Waals surface area contributed by atoms with Gasteiger partial charge in [-0.3, -0.25) is 9.69 Å². The van der Waals surface area contributed by atoms with Crippen LogP contribution in [0.1, 0.15) is 30.4 Å². The first-order valence-corrected chi connectivity index (χ1v) is 9.81. The Hall–Kier alpha value is -2.65. The Bertz CT molecular complexity index is 897. The third kappa shape index (κ3) is 4.75. The van der Waals surface area contributed by atoms with Crippen molar-refractivity contribution in [1.82, 2.24) is 10.2 Å². The van der Waals surface area contributed by atoms with Gasteiger partial charge in [0.2, 0.25) is 5.91 Å². The molecule has 1 aliphatic carbocycles. The molecule has 1 saturated carbocycles. The van der Waals surface area contributed by atoms with Crippen molar-refractivity contribution in [3.63, 3.8) is 0 Å². The first-order chi connectivity index (χ1) is 13.3. The number of carbonyl (C=O) groups is 1. The molecule has 3 aromatic carbocycles. The predicted molar refractivity (Wildman–Crippen MR) is 110 cm³/mol. The van der Waals surface area contributed by atoms with Crippen molar-refractivity contribution in [2.24, 2.45) is 0 Å². The van der Waals surface area contributed by atoms with E-state index in [9.17, 15) is 4.79 Å². The first kappa shape index (κ1) is 17.7. The number of nitrogens with one attached hydrogen (secondary N) is 1. The summed E-state index contributed by atoms with van der Waals surface area (Å²) in [5, 5.41) is 5.64. The van der Waals surface area contributed by atoms with Gasteiger partial charge in [0.25, 0.3) is 0 Å². The number of hydrogen-bond acceptors (Lipinski definition) is 2. The molecule has 0 saturated heterocycles. The molecule has 3 aromatic rings. The molecule has 0 radical (unpaired) electrons. The van der Waals surface area contributed by atoms with Gasteiger partial charge < -0.3 is 5.32 Å². The van der Waals surface area contributed by atoms with Crippen LogP contribution >= 0.6 is 0 Å². The smallest absolute Gasteiger partial charge is 0.221 e. The lowest BCUT2D eigenvalue weighted by Crippen LogP contribution is -2.32. The van der Waals surface area contributed by atoms with Gasteiger partial charge in [-0.15, -0.1) is 0 Å². The minimum absolute atomic E-state index is 0.127. The molecule has 4 rings (SSSR count). The van der Waals surface area contributed by atoms with Crippen LogP contribution in [-0.4, -0.2) is 23.4 Å². The fourth-order valence-electron chi connectivity index (χ4n) is 3.61. The largest absolute Gasteiger partial charge is 0.352 e. The molecule has 0 spiro atoms. The Labute approximate surface area is 161 Å². The summed E-state index contributed by atoms with van der Waals surface area (Å²) in [5.74, 6) is 0.127. The second kappa shape index (κ2) is 8.36. The van der Waals surface area contributed by atoms with Gasteiger partial charge in [-0.1, -0.05) is 72.8 Å². The SMILES string of the molecule is O=C(CCN(Cc1cccc2ccccc12)C1CC1)NCc1ccccc1. The van der Waals surface area contributed by atoms with Crippen molar-refractivity contribution in [2.45, 2.75) is 38.4 Å². The van der Waals surface area contributed by atoms with Gasteiger partial charge in [0.15, 0.2) is 0 Å². The maximum atomic E-state index is 12.3. The van der Waals surface area contributed by atoms with E-state index in [1.54, 1.807) is 0 Å². The van der Waals surface area contributed by atoms with Crippen LogP contribution in [0, 0.1) is 0 Å². The molecule has 0 aromatic heterocycles. The highest BCUT2D eigenvalue weighted by molar-refractivity contribution is 5.85. The fraction of sp³-hybridized carbons (Fsp3) is 0.292. The van der Waals surface area contributed by atoms with Crippen molar-refractivity contribution in [3.05, 3.63) is 83.9 Å². The molecule has 1 aliphatic rings. The Balaban J connectivity index is 1.35. The van der Waals surface area contributed by atoms with E-state index >= 15 is 0 Å². The minimum Gasteiger partial charge on any atom is -0.352 e. The summed E-state index contributed by atoms with van der Waals surface area (Å²) in [6.07, 6.45) is 3.04. The Morgan fingerprint density at radius 2 is 1.67 bits per heavy atom. The molecule has 138 valence electrons. The normalized spacial score (nSPS) is 13.8. The van der Waals surface area contributed by atoms with Gasteiger partial charge in [0.1, 0.15) is 0 Å². The molecule has 0 bridgehead atoms. The number of nitrogens with zero attached hydrogens (tertiary/aromatic N) is 1. The van der Waals surface area contributed by atoms with E-state index in [0.29, 0.717) is 19.0 Å². The average molecular weight is 358 g/mol. The van der Waals surface area contributed by atoms with Crippen LogP contribution < -0.4 is 5.32 Å². The first-order valence-electron chi connectivity index (χ1n) is 9.81. The summed E-state index contributed by atoms with van der Waals surface area (Å²) >= 11 is 0. The summed E-state index contributed by atoms with van der Waals surface area (Å²) in [7, 11) is 0. The molecule has 0 atom stereocenters. The monoisotopic (exact) mass is 358 g/mol. The zero-order valence-corrected chi connectivity index (χ0v) is 15.6. The van der Waals surface area contributed by atoms with Gasteiger partial charge in [0, 0.05) is 32.1 Å². The highest BCUT2D eigenvalue weighted by Gasteiger charge is 2.29. The van der Waals surface area contributed by atoms with Crippen LogP contribution in [0.2, 0.25) is 0 Å². The predicted octanol–water partition coefficient (Wildman–Crippen LogP) is 4.51. The standard InChI is InChI=1S/C24H26N2O/c27-24(25-17-19-7-2-1-3-8-19)15-16-26(22-13-14-22)18-21-11-6-10-20-9-4-5-12-23(20)21/h1-12,22H,13-18H2,(H,25,27). The van der Waals surface area contributed by atoms with Gasteiger partial charge in [-0.2, -0.15) is 0 Å². The van der Waals surface area contributed by atoms with Gasteiger partial charge in [-0.25, -0.2) is 0 Å². The highest BCUT2D eigenvalue weighted by atomic mass is 16.1. The maximum Gasteiger partial charge on any atom is 0.221 e. The molecule has 3 heteroatoms. The quantitative estimate of drug-likeness (QED) is 0.642. The summed E-state index contributed by atoms with van der Waals surface area (Å²) < 4.78 is 0. The lowest BCUT2D eigenvalue weighted by molar-refractivity contribution is -0.121. The molecule has 0 heterocycles. The number of rotatable bonds is 8. The van der Waals surface area contributed by atoms with E-state index in [-0.39, 0.29) is 5.91 Å². The van der Waals surface area contributed by atoms with E-state index in [0.717, 1.165) is 18.7 Å². The van der Waals surface area contributed by atoms with Crippen molar-refractivity contribution in [3.8, 4) is 0 Å². The zero-order valence-electron chi connectivity index (χ0n) is 15.6. The number of hydrogen-bond donors (Lipinski definition) is 1. The lowest BCUT2D eigenvalue weighted by Gasteiger charge is -2.22. The van der Waals surface area contributed by atoms with Crippen LogP contribution in [0.3, 0.4) is 0 Å². The summed E-state index contributed by atoms with van der Waals surface area (Å²) in [6.45, 7) is 2.33. The topological polar surface area (TPSA) is 32.3 Å². The molecule has 1 fully saturated rings. The van der Waals surface area contributed by atoms with E-state index in [1.807, 2.05) is 30.3 Å². The summed E-state index contributed by atoms with van der Waals surface area (Å²) in [6, 6.07) is 25.8. The van der Waals surface area contributed by atoms with Crippen molar-refractivity contribution >= 4 is 16.7 Å². The summed E-state index contributed by atoms with van der Waals surface area (Å²) in [5.41, 5.74) is 2.49. The van der Waals surface area contributed by atoms with Crippen LogP contribution in [0.5, 0.6) is 0 Å². The molecular formula is C24H26N2O. The third-order valence-corrected chi connectivity index (χ3v) is 5.28. The van der Waals surface area contributed by atoms with Crippen molar-refractivity contribution < 1.29 is 4.79 Å². The fourth-order valence-corrected chi connectivity index (χ4v) is 3.61. The highest BCUT2D eigenvalue weighted by Crippen LogP contribution is 2.30. The number of carbonyl (C=O) groups excluding carboxylic acids is 1. The molecule has 27 heavy (non-hydrogen) atoms. The number of fused-ring (bicyclic) bond motifs is 1. The summed E-state index contributed by atoms with van der Waals surface area (Å²) in [4.78, 5) is 14.8. The Morgan fingerprint density at radius 1 is 0.926 bits per heavy atom. The lowest BCUT2D eigenvalue weighted by atomic mass is 10.0. The van der Waals surface area contributed by atoms with Crippen LogP contribution in [0.4, 0.5) is 0 Å². The van der Waals surface area contributed by atoms with Crippen LogP contribution in [-0.2, 0) is 17.9 Å². The molecular weight excluding hydrogens is 332 g/mol. The second-order valence-corrected chi connectivity index (χ2v) is 7.35. The Morgan fingerprint density at radius 3 is 2.48 bits per heavy atom. The molecule has 3 nitrogen and oxygen atoms in total. The molecule has 1 amide bonds. The average Bonchev–Trinajstić information content (AvgIpc) is 3.56. The van der Waals surface area contributed by atoms with E-state index < -0.39 is 0 Å². The molecule has 0 unspecified atom stereocenters. The van der Waals surface area contributed by atoms with Gasteiger partial charge in [-0.05, 0) is 34.7 Å². The van der Waals surface area contributed by atoms with Crippen LogP contribution in [0.15, 0.2) is 72.8 Å². The second-order valence-electron chi connectivity index (χ2n) is 7.35. The molecule has 1 N–H and O–H groups in total. The van der Waals surface area contributed by atoms with Crippen molar-refractivity contribution in [1.29, 1.82) is 0 Å². The molecule has 0 aliphatic heterocycles. The number of amides is 1. The third-order valence-electron chi connectivity index (χ3n) is 5.28. The van der Waals surface area contributed by atoms with E-state index in [1.165, 1.54) is 29.2 Å². The van der Waals surface area contributed by atoms with Crippen molar-refractivity contribution in [2.75, 3.05) is 6.54 Å².